The van der Waals surface area contributed by atoms with E-state index in [1.54, 1.807) is 0 Å². The lowest BCUT2D eigenvalue weighted by atomic mass is 10.0. The molecule has 0 fully saturated rings. The van der Waals surface area contributed by atoms with Gasteiger partial charge in [0.05, 0.1) is 0 Å². The Morgan fingerprint density at radius 3 is 2.59 bits per heavy atom. The van der Waals surface area contributed by atoms with Gasteiger partial charge in [0, 0.05) is 35.6 Å². The van der Waals surface area contributed by atoms with Crippen LogP contribution in [0.15, 0.2) is 54.7 Å². The number of hydrogen-bond acceptors (Lipinski definition) is 2. The van der Waals surface area contributed by atoms with Crippen molar-refractivity contribution in [3.8, 4) is 0 Å². The topological polar surface area (TPSA) is 74.0 Å². The summed E-state index contributed by atoms with van der Waals surface area (Å²) in [5, 5.41) is 6.75. The van der Waals surface area contributed by atoms with Crippen LogP contribution in [-0.4, -0.2) is 29.4 Å². The van der Waals surface area contributed by atoms with E-state index < -0.39 is 17.8 Å². The number of aromatic amines is 1. The molecule has 2 aromatic carbocycles. The van der Waals surface area contributed by atoms with Crippen LogP contribution in [0.1, 0.15) is 42.1 Å². The van der Waals surface area contributed by atoms with E-state index in [1.165, 1.54) is 24.3 Å². The summed E-state index contributed by atoms with van der Waals surface area (Å²) in [6, 6.07) is 12.4. The van der Waals surface area contributed by atoms with Crippen molar-refractivity contribution in [1.29, 1.82) is 0 Å². The van der Waals surface area contributed by atoms with Gasteiger partial charge in [-0.1, -0.05) is 38.0 Å². The molecule has 3 aromatic rings. The number of para-hydroxylation sites is 1. The lowest BCUT2D eigenvalue weighted by Crippen LogP contribution is -2.48. The summed E-state index contributed by atoms with van der Waals surface area (Å²) in [6.45, 7) is 2.67. The van der Waals surface area contributed by atoms with Gasteiger partial charge in [-0.05, 0) is 42.3 Å². The van der Waals surface area contributed by atoms with Crippen molar-refractivity contribution in [2.75, 3.05) is 6.54 Å². The third-order valence-corrected chi connectivity index (χ3v) is 4.91. The number of carbonyl (C=O) groups excluding carboxylic acids is 2. The molecule has 2 amide bonds. The minimum atomic E-state index is -0.728. The number of halogens is 1. The van der Waals surface area contributed by atoms with Crippen LogP contribution < -0.4 is 10.6 Å². The van der Waals surface area contributed by atoms with Gasteiger partial charge < -0.3 is 15.6 Å². The van der Waals surface area contributed by atoms with Crippen LogP contribution in [0.5, 0.6) is 0 Å². The summed E-state index contributed by atoms with van der Waals surface area (Å²) in [5.74, 6) is -1.04. The van der Waals surface area contributed by atoms with Crippen molar-refractivity contribution in [2.24, 2.45) is 0 Å². The van der Waals surface area contributed by atoms with Gasteiger partial charge in [0.25, 0.3) is 5.91 Å². The molecule has 1 heterocycles. The van der Waals surface area contributed by atoms with Crippen LogP contribution in [-0.2, 0) is 11.2 Å². The zero-order valence-corrected chi connectivity index (χ0v) is 16.5. The van der Waals surface area contributed by atoms with Gasteiger partial charge in [0.1, 0.15) is 11.9 Å². The fraction of sp³-hybridized carbons (Fsp3) is 0.304. The minimum absolute atomic E-state index is 0.221. The molecule has 0 spiro atoms. The highest BCUT2D eigenvalue weighted by atomic mass is 19.1. The molecule has 0 aliphatic heterocycles. The number of amides is 2. The van der Waals surface area contributed by atoms with Crippen LogP contribution in [0.2, 0.25) is 0 Å². The molecule has 0 aliphatic carbocycles. The number of carbonyl (C=O) groups is 2. The van der Waals surface area contributed by atoms with Crippen molar-refractivity contribution in [1.82, 2.24) is 15.6 Å². The summed E-state index contributed by atoms with van der Waals surface area (Å²) >= 11 is 0. The minimum Gasteiger partial charge on any atom is -0.361 e. The fourth-order valence-corrected chi connectivity index (χ4v) is 3.28. The molecule has 0 bridgehead atoms. The third-order valence-electron chi connectivity index (χ3n) is 4.91. The first-order chi connectivity index (χ1) is 14.1. The molecular formula is C23H26FN3O2. The maximum Gasteiger partial charge on any atom is 0.251 e. The normalized spacial score (nSPS) is 11.9. The van der Waals surface area contributed by atoms with Crippen molar-refractivity contribution in [3.05, 3.63) is 71.7 Å². The standard InChI is InChI=1S/C23H26FN3O2/c1-2-3-6-13-25-23(29)21(27-22(28)16-9-11-18(24)12-10-16)14-17-15-26-20-8-5-4-7-19(17)20/h4-5,7-12,15,21,26H,2-3,6,13-14H2,1H3,(H,25,29)(H,27,28)/t21-/m1/s1. The molecule has 0 radical (unpaired) electrons. The van der Waals surface area contributed by atoms with Gasteiger partial charge in [-0.3, -0.25) is 9.59 Å². The molecule has 1 atom stereocenters. The summed E-state index contributed by atoms with van der Waals surface area (Å²) in [6.07, 6.45) is 5.22. The van der Waals surface area contributed by atoms with Crippen molar-refractivity contribution < 1.29 is 14.0 Å². The molecule has 29 heavy (non-hydrogen) atoms. The average molecular weight is 395 g/mol. The Hall–Kier alpha value is -3.15. The molecule has 3 rings (SSSR count). The monoisotopic (exact) mass is 395 g/mol. The van der Waals surface area contributed by atoms with Gasteiger partial charge >= 0.3 is 0 Å². The van der Waals surface area contributed by atoms with Crippen molar-refractivity contribution in [2.45, 2.75) is 38.6 Å². The summed E-state index contributed by atoms with van der Waals surface area (Å²) in [4.78, 5) is 28.6. The van der Waals surface area contributed by atoms with Crippen molar-refractivity contribution in [3.63, 3.8) is 0 Å². The number of H-pyrrole nitrogens is 1. The predicted octanol–water partition coefficient (Wildman–Crippen LogP) is 3.95. The molecule has 152 valence electrons. The molecule has 5 nitrogen and oxygen atoms in total. The lowest BCUT2D eigenvalue weighted by molar-refractivity contribution is -0.122. The first-order valence-electron chi connectivity index (χ1n) is 9.97. The number of rotatable bonds is 9. The van der Waals surface area contributed by atoms with Crippen molar-refractivity contribution >= 4 is 22.7 Å². The Bertz CT molecular complexity index is 966. The Kier molecular flexibility index (Phi) is 7.00. The van der Waals surface area contributed by atoms with Crippen LogP contribution in [0.4, 0.5) is 4.39 Å². The smallest absolute Gasteiger partial charge is 0.251 e. The molecular weight excluding hydrogens is 369 g/mol. The number of benzene rings is 2. The van der Waals surface area contributed by atoms with Gasteiger partial charge in [-0.15, -0.1) is 0 Å². The molecule has 0 saturated heterocycles. The fourth-order valence-electron chi connectivity index (χ4n) is 3.28. The molecule has 6 heteroatoms. The number of fused-ring (bicyclic) bond motifs is 1. The van der Waals surface area contributed by atoms with Gasteiger partial charge in [0.2, 0.25) is 5.91 Å². The first kappa shape index (κ1) is 20.6. The highest BCUT2D eigenvalue weighted by Crippen LogP contribution is 2.19. The molecule has 0 saturated carbocycles. The highest BCUT2D eigenvalue weighted by molar-refractivity contribution is 5.97. The van der Waals surface area contributed by atoms with Crippen LogP contribution in [0.3, 0.4) is 0 Å². The quantitative estimate of drug-likeness (QED) is 0.480. The van der Waals surface area contributed by atoms with E-state index in [-0.39, 0.29) is 5.91 Å². The Balaban J connectivity index is 1.76. The SMILES string of the molecule is CCCCCNC(=O)[C@@H](Cc1c[nH]c2ccccc12)NC(=O)c1ccc(F)cc1. The van der Waals surface area contributed by atoms with Gasteiger partial charge in [0.15, 0.2) is 0 Å². The largest absolute Gasteiger partial charge is 0.361 e. The van der Waals surface area contributed by atoms with Crippen LogP contribution in [0.25, 0.3) is 10.9 Å². The van der Waals surface area contributed by atoms with E-state index in [1.807, 2.05) is 30.5 Å². The summed E-state index contributed by atoms with van der Waals surface area (Å²) < 4.78 is 13.1. The summed E-state index contributed by atoms with van der Waals surface area (Å²) in [7, 11) is 0. The van der Waals surface area contributed by atoms with E-state index in [2.05, 4.69) is 22.5 Å². The van der Waals surface area contributed by atoms with E-state index in [9.17, 15) is 14.0 Å². The molecule has 0 aliphatic rings. The predicted molar refractivity (Wildman–Crippen MR) is 112 cm³/mol. The van der Waals surface area contributed by atoms with Crippen LogP contribution >= 0.6 is 0 Å². The highest BCUT2D eigenvalue weighted by Gasteiger charge is 2.23. The lowest BCUT2D eigenvalue weighted by Gasteiger charge is -2.18. The third kappa shape index (κ3) is 5.44. The second-order valence-electron chi connectivity index (χ2n) is 7.09. The molecule has 3 N–H and O–H groups in total. The van der Waals surface area contributed by atoms with Crippen LogP contribution in [0, 0.1) is 5.82 Å². The molecule has 0 unspecified atom stereocenters. The van der Waals surface area contributed by atoms with E-state index >= 15 is 0 Å². The number of aromatic nitrogens is 1. The Morgan fingerprint density at radius 1 is 1.07 bits per heavy atom. The number of nitrogens with one attached hydrogen (secondary N) is 3. The second-order valence-corrected chi connectivity index (χ2v) is 7.09. The maximum absolute atomic E-state index is 13.1. The average Bonchev–Trinajstić information content (AvgIpc) is 3.14. The second kappa shape index (κ2) is 9.87. The van der Waals surface area contributed by atoms with E-state index in [4.69, 9.17) is 0 Å². The Morgan fingerprint density at radius 2 is 1.83 bits per heavy atom. The van der Waals surface area contributed by atoms with Gasteiger partial charge in [-0.2, -0.15) is 0 Å². The maximum atomic E-state index is 13.1. The zero-order chi connectivity index (χ0) is 20.6. The van der Waals surface area contributed by atoms with E-state index in [0.717, 1.165) is 35.7 Å². The Labute approximate surface area is 169 Å². The number of unbranched alkanes of at least 4 members (excludes halogenated alkanes) is 2. The zero-order valence-electron chi connectivity index (χ0n) is 16.5. The summed E-state index contributed by atoms with van der Waals surface area (Å²) in [5.41, 5.74) is 2.25. The number of hydrogen-bond donors (Lipinski definition) is 3. The molecule has 1 aromatic heterocycles. The van der Waals surface area contributed by atoms with E-state index in [0.29, 0.717) is 18.5 Å². The van der Waals surface area contributed by atoms with Gasteiger partial charge in [-0.25, -0.2) is 4.39 Å². The first-order valence-corrected chi connectivity index (χ1v) is 9.97.